The molecule has 0 radical (unpaired) electrons. The number of rotatable bonds is 2. The van der Waals surface area contributed by atoms with Crippen molar-refractivity contribution >= 4 is 75.5 Å². The Morgan fingerprint density at radius 1 is 0.774 bits per heavy atom. The highest BCUT2D eigenvalue weighted by Crippen LogP contribution is 2.38. The molecule has 2 heterocycles. The predicted molar refractivity (Wildman–Crippen MR) is 115 cm³/mol. The molecule has 0 saturated heterocycles. The summed E-state index contributed by atoms with van der Waals surface area (Å²) in [4.78, 5) is 42.1. The van der Waals surface area contributed by atoms with Gasteiger partial charge in [0, 0.05) is 12.1 Å². The number of non-ortho nitro benzene ring substituents is 2. The molecule has 0 aliphatic rings. The largest absolute Gasteiger partial charge is 0.416 e. The van der Waals surface area contributed by atoms with Crippen molar-refractivity contribution in [2.24, 2.45) is 0 Å². The third-order valence-corrected chi connectivity index (χ3v) is 7.97. The van der Waals surface area contributed by atoms with Gasteiger partial charge in [0.05, 0.1) is 24.8 Å². The normalized spacial score (nSPS) is 11.4. The second-order valence-electron chi connectivity index (χ2n) is 5.85. The standard InChI is InChI=1S/C8H2F3NO3S2.C8H5NO3S2/c9-8(10,11)3-1-4(12(14)15)6-5(2-3)16-7(13)17-6;1-4-2-5(9(11)12)7-6(3-4)13-8(10)14-7/h1-2H;2-3H,1H3. The smallest absolute Gasteiger partial charge is 0.265 e. The molecule has 2 aromatic heterocycles. The summed E-state index contributed by atoms with van der Waals surface area (Å²) in [6, 6.07) is 4.49. The molecule has 0 unspecified atom stereocenters. The van der Waals surface area contributed by atoms with Gasteiger partial charge < -0.3 is 0 Å². The van der Waals surface area contributed by atoms with Crippen LogP contribution in [0.3, 0.4) is 0 Å². The Morgan fingerprint density at radius 2 is 1.23 bits per heavy atom. The maximum Gasteiger partial charge on any atom is 0.416 e. The molecule has 0 bridgehead atoms. The van der Waals surface area contributed by atoms with Crippen LogP contribution in [-0.2, 0) is 6.18 Å². The number of halogens is 3. The van der Waals surface area contributed by atoms with Crippen LogP contribution in [0.15, 0.2) is 33.9 Å². The van der Waals surface area contributed by atoms with E-state index < -0.39 is 31.3 Å². The number of nitro benzene ring substituents is 2. The highest BCUT2D eigenvalue weighted by atomic mass is 32.2. The van der Waals surface area contributed by atoms with Crippen LogP contribution in [0, 0.1) is 27.2 Å². The monoisotopic (exact) mass is 508 g/mol. The predicted octanol–water partition coefficient (Wildman–Crippen LogP) is 5.79. The Bertz CT molecular complexity index is 1450. The Morgan fingerprint density at radius 3 is 1.68 bits per heavy atom. The van der Waals surface area contributed by atoms with Gasteiger partial charge in [-0.2, -0.15) is 13.2 Å². The van der Waals surface area contributed by atoms with Gasteiger partial charge in [0.1, 0.15) is 9.40 Å². The van der Waals surface area contributed by atoms with E-state index in [1.54, 1.807) is 13.0 Å². The van der Waals surface area contributed by atoms with E-state index in [0.717, 1.165) is 34.3 Å². The molecule has 0 fully saturated rings. The van der Waals surface area contributed by atoms with Crippen LogP contribution >= 0.6 is 45.3 Å². The van der Waals surface area contributed by atoms with Crippen molar-refractivity contribution in [1.82, 2.24) is 0 Å². The van der Waals surface area contributed by atoms with Gasteiger partial charge in [-0.05, 0) is 24.6 Å². The average Bonchev–Trinajstić information content (AvgIpc) is 3.19. The number of hydrogen-bond acceptors (Lipinski definition) is 10. The Labute approximate surface area is 184 Å². The minimum absolute atomic E-state index is 0.0125. The molecule has 162 valence electrons. The van der Waals surface area contributed by atoms with Crippen LogP contribution < -0.4 is 8.11 Å². The molecule has 15 heteroatoms. The van der Waals surface area contributed by atoms with Crippen molar-refractivity contribution in [3.8, 4) is 0 Å². The van der Waals surface area contributed by atoms with E-state index in [-0.39, 0.29) is 19.1 Å². The summed E-state index contributed by atoms with van der Waals surface area (Å²) >= 11 is 3.15. The SMILES string of the molecule is Cc1cc([N+](=O)[O-])c2sc(=O)sc2c1.O=c1sc2cc(C(F)(F)F)cc([N+](=O)[O-])c2s1. The first-order chi connectivity index (χ1) is 14.4. The lowest BCUT2D eigenvalue weighted by molar-refractivity contribution is -0.383. The second kappa shape index (κ2) is 8.41. The van der Waals surface area contributed by atoms with Crippen LogP contribution in [0.25, 0.3) is 18.8 Å². The van der Waals surface area contributed by atoms with Crippen molar-refractivity contribution in [3.63, 3.8) is 0 Å². The van der Waals surface area contributed by atoms with E-state index in [9.17, 15) is 43.0 Å². The number of benzene rings is 2. The minimum atomic E-state index is -4.67. The van der Waals surface area contributed by atoms with E-state index in [0.29, 0.717) is 38.1 Å². The molecule has 2 aromatic carbocycles. The number of fused-ring (bicyclic) bond motifs is 2. The first-order valence-corrected chi connectivity index (χ1v) is 11.1. The van der Waals surface area contributed by atoms with E-state index >= 15 is 0 Å². The number of hydrogen-bond donors (Lipinski definition) is 0. The number of aryl methyl sites for hydroxylation is 1. The lowest BCUT2D eigenvalue weighted by Gasteiger charge is -2.05. The highest BCUT2D eigenvalue weighted by Gasteiger charge is 2.34. The van der Waals surface area contributed by atoms with Gasteiger partial charge in [0.25, 0.3) is 19.5 Å². The van der Waals surface area contributed by atoms with Crippen molar-refractivity contribution in [3.05, 3.63) is 73.3 Å². The molecule has 8 nitrogen and oxygen atoms in total. The summed E-state index contributed by atoms with van der Waals surface area (Å²) < 4.78 is 38.0. The molecule has 0 atom stereocenters. The molecule has 0 spiro atoms. The van der Waals surface area contributed by atoms with Gasteiger partial charge in [-0.3, -0.25) is 29.8 Å². The third-order valence-electron chi connectivity index (χ3n) is 3.69. The minimum Gasteiger partial charge on any atom is -0.265 e. The van der Waals surface area contributed by atoms with Crippen molar-refractivity contribution in [1.29, 1.82) is 0 Å². The average molecular weight is 509 g/mol. The van der Waals surface area contributed by atoms with Crippen molar-refractivity contribution in [2.45, 2.75) is 13.1 Å². The molecule has 0 saturated carbocycles. The Balaban J connectivity index is 0.000000179. The van der Waals surface area contributed by atoms with E-state index in [2.05, 4.69) is 0 Å². The maximum atomic E-state index is 12.5. The summed E-state index contributed by atoms with van der Waals surface area (Å²) in [5.74, 6) is 0. The van der Waals surface area contributed by atoms with Gasteiger partial charge in [-0.1, -0.05) is 45.3 Å². The fraction of sp³-hybridized carbons (Fsp3) is 0.125. The van der Waals surface area contributed by atoms with Crippen LogP contribution in [0.4, 0.5) is 24.5 Å². The molecule has 0 N–H and O–H groups in total. The zero-order valence-corrected chi connectivity index (χ0v) is 18.2. The molecule has 0 aliphatic heterocycles. The van der Waals surface area contributed by atoms with Gasteiger partial charge in [-0.15, -0.1) is 0 Å². The van der Waals surface area contributed by atoms with Crippen molar-refractivity contribution < 1.29 is 23.0 Å². The van der Waals surface area contributed by atoms with Crippen molar-refractivity contribution in [2.75, 3.05) is 0 Å². The molecular formula is C16H7F3N2O6S4. The lowest BCUT2D eigenvalue weighted by atomic mass is 10.2. The highest BCUT2D eigenvalue weighted by molar-refractivity contribution is 7.36. The van der Waals surface area contributed by atoms with Gasteiger partial charge in [0.15, 0.2) is 0 Å². The summed E-state index contributed by atoms with van der Waals surface area (Å²) in [6.07, 6.45) is -4.67. The molecule has 0 amide bonds. The Kier molecular flexibility index (Phi) is 6.22. The van der Waals surface area contributed by atoms with E-state index in [1.807, 2.05) is 0 Å². The van der Waals surface area contributed by atoms with E-state index in [1.165, 1.54) is 6.07 Å². The van der Waals surface area contributed by atoms with Crippen LogP contribution in [0.5, 0.6) is 0 Å². The number of nitrogens with zero attached hydrogens (tertiary/aromatic N) is 2. The maximum absolute atomic E-state index is 12.5. The summed E-state index contributed by atoms with van der Waals surface area (Å²) in [7, 11) is 0. The first kappa shape index (κ1) is 22.9. The lowest BCUT2D eigenvalue weighted by Crippen LogP contribution is -2.05. The van der Waals surface area contributed by atoms with Gasteiger partial charge in [0.2, 0.25) is 0 Å². The molecule has 4 aromatic rings. The van der Waals surface area contributed by atoms with E-state index in [4.69, 9.17) is 0 Å². The second-order valence-corrected chi connectivity index (χ2v) is 10.4. The number of alkyl halides is 3. The molecule has 0 aliphatic carbocycles. The van der Waals surface area contributed by atoms with Crippen LogP contribution in [-0.4, -0.2) is 9.85 Å². The zero-order valence-electron chi connectivity index (χ0n) is 14.9. The summed E-state index contributed by atoms with van der Waals surface area (Å²) in [5.41, 5.74) is -0.967. The first-order valence-electron chi connectivity index (χ1n) is 7.85. The molecule has 31 heavy (non-hydrogen) atoms. The number of nitro groups is 2. The van der Waals surface area contributed by atoms with Crippen LogP contribution in [0.2, 0.25) is 0 Å². The van der Waals surface area contributed by atoms with Gasteiger partial charge in [-0.25, -0.2) is 0 Å². The fourth-order valence-electron chi connectivity index (χ4n) is 2.49. The fourth-order valence-corrected chi connectivity index (χ4v) is 6.67. The summed E-state index contributed by atoms with van der Waals surface area (Å²) in [6.45, 7) is 1.78. The summed E-state index contributed by atoms with van der Waals surface area (Å²) in [5, 5.41) is 21.3. The topological polar surface area (TPSA) is 120 Å². The zero-order chi connectivity index (χ0) is 23.1. The quantitative estimate of drug-likeness (QED) is 0.250. The van der Waals surface area contributed by atoms with Gasteiger partial charge >= 0.3 is 6.18 Å². The molecular weight excluding hydrogens is 501 g/mol. The third kappa shape index (κ3) is 4.95. The molecule has 4 rings (SSSR count). The van der Waals surface area contributed by atoms with Crippen LogP contribution in [0.1, 0.15) is 11.1 Å². The Hall–Kier alpha value is -2.75.